The number of carbonyl (C=O) groups excluding carboxylic acids is 1. The van der Waals surface area contributed by atoms with Crippen LogP contribution in [0.3, 0.4) is 0 Å². The number of amides is 1. The van der Waals surface area contributed by atoms with Crippen LogP contribution >= 0.6 is 0 Å². The quantitative estimate of drug-likeness (QED) is 0.759. The fourth-order valence-corrected chi connectivity index (χ4v) is 1.93. The minimum Gasteiger partial charge on any atom is -0.481 e. The van der Waals surface area contributed by atoms with E-state index in [9.17, 15) is 9.59 Å². The van der Waals surface area contributed by atoms with E-state index in [-0.39, 0.29) is 18.4 Å². The number of carboxylic acids is 1. The van der Waals surface area contributed by atoms with Gasteiger partial charge in [0.2, 0.25) is 5.91 Å². The zero-order valence-corrected chi connectivity index (χ0v) is 11.8. The molecule has 20 heavy (non-hydrogen) atoms. The number of benzene rings is 1. The van der Waals surface area contributed by atoms with Gasteiger partial charge in [-0.25, -0.2) is 0 Å². The van der Waals surface area contributed by atoms with Crippen molar-refractivity contribution >= 4 is 11.9 Å². The Morgan fingerprint density at radius 3 is 2.50 bits per heavy atom. The third kappa shape index (κ3) is 5.84. The Morgan fingerprint density at radius 1 is 1.25 bits per heavy atom. The van der Waals surface area contributed by atoms with E-state index >= 15 is 0 Å². The summed E-state index contributed by atoms with van der Waals surface area (Å²) in [6.45, 7) is 0.464. The minimum atomic E-state index is -0.836. The normalized spacial score (nSPS) is 11.9. The fraction of sp³-hybridized carbons (Fsp3) is 0.467. The van der Waals surface area contributed by atoms with Gasteiger partial charge in [0.1, 0.15) is 0 Å². The van der Waals surface area contributed by atoms with E-state index in [0.29, 0.717) is 25.8 Å². The molecule has 0 saturated heterocycles. The van der Waals surface area contributed by atoms with E-state index in [1.54, 1.807) is 11.9 Å². The lowest BCUT2D eigenvalue weighted by atomic mass is 10.0. The molecule has 0 bridgehead atoms. The summed E-state index contributed by atoms with van der Waals surface area (Å²) in [5, 5.41) is 8.55. The van der Waals surface area contributed by atoms with Crippen LogP contribution in [-0.4, -0.2) is 35.5 Å². The molecule has 5 nitrogen and oxygen atoms in total. The SMILES string of the molecule is CN(CCCC(=O)O)C(=O)CCC(N)c1ccccc1. The Morgan fingerprint density at radius 2 is 1.90 bits per heavy atom. The fourth-order valence-electron chi connectivity index (χ4n) is 1.93. The number of carboxylic acid groups (broad SMARTS) is 1. The van der Waals surface area contributed by atoms with Gasteiger partial charge in [-0.2, -0.15) is 0 Å². The molecule has 0 radical (unpaired) electrons. The van der Waals surface area contributed by atoms with Gasteiger partial charge in [0.25, 0.3) is 0 Å². The summed E-state index contributed by atoms with van der Waals surface area (Å²) in [7, 11) is 1.69. The number of hydrogen-bond donors (Lipinski definition) is 2. The first kappa shape index (κ1) is 16.2. The van der Waals surface area contributed by atoms with Crippen molar-refractivity contribution in [2.24, 2.45) is 5.73 Å². The monoisotopic (exact) mass is 278 g/mol. The average molecular weight is 278 g/mol. The highest BCUT2D eigenvalue weighted by atomic mass is 16.4. The van der Waals surface area contributed by atoms with Crippen LogP contribution in [0.2, 0.25) is 0 Å². The smallest absolute Gasteiger partial charge is 0.303 e. The van der Waals surface area contributed by atoms with Gasteiger partial charge in [-0.15, -0.1) is 0 Å². The number of hydrogen-bond acceptors (Lipinski definition) is 3. The lowest BCUT2D eigenvalue weighted by Crippen LogP contribution is -2.28. The second-order valence-electron chi connectivity index (χ2n) is 4.87. The first-order valence-corrected chi connectivity index (χ1v) is 6.77. The molecule has 5 heteroatoms. The summed E-state index contributed by atoms with van der Waals surface area (Å²) < 4.78 is 0. The lowest BCUT2D eigenvalue weighted by molar-refractivity contribution is -0.138. The minimum absolute atomic E-state index is 0.00164. The summed E-state index contributed by atoms with van der Waals surface area (Å²) in [6.07, 6.45) is 1.52. The van der Waals surface area contributed by atoms with Crippen LogP contribution in [0.4, 0.5) is 0 Å². The molecule has 0 aliphatic heterocycles. The summed E-state index contributed by atoms with van der Waals surface area (Å²) in [6, 6.07) is 9.53. The second-order valence-corrected chi connectivity index (χ2v) is 4.87. The summed E-state index contributed by atoms with van der Waals surface area (Å²) in [4.78, 5) is 23.9. The van der Waals surface area contributed by atoms with Crippen LogP contribution in [0.5, 0.6) is 0 Å². The van der Waals surface area contributed by atoms with E-state index in [1.807, 2.05) is 30.3 Å². The summed E-state index contributed by atoms with van der Waals surface area (Å²) in [5.74, 6) is -0.835. The van der Waals surface area contributed by atoms with Crippen molar-refractivity contribution in [2.45, 2.75) is 31.7 Å². The molecule has 1 aromatic rings. The Kier molecular flexibility index (Phi) is 6.73. The van der Waals surface area contributed by atoms with Gasteiger partial charge in [0, 0.05) is 32.5 Å². The van der Waals surface area contributed by atoms with Gasteiger partial charge in [0.05, 0.1) is 0 Å². The number of nitrogens with zero attached hydrogens (tertiary/aromatic N) is 1. The van der Waals surface area contributed by atoms with Gasteiger partial charge >= 0.3 is 5.97 Å². The molecule has 0 aliphatic carbocycles. The van der Waals surface area contributed by atoms with Crippen molar-refractivity contribution in [1.29, 1.82) is 0 Å². The molecule has 0 fully saturated rings. The molecule has 1 atom stereocenters. The van der Waals surface area contributed by atoms with Crippen molar-refractivity contribution < 1.29 is 14.7 Å². The van der Waals surface area contributed by atoms with Crippen LogP contribution in [0.15, 0.2) is 30.3 Å². The molecule has 0 aliphatic rings. The average Bonchev–Trinajstić information content (AvgIpc) is 2.44. The molecule has 1 amide bonds. The van der Waals surface area contributed by atoms with Crippen LogP contribution in [0, 0.1) is 0 Å². The Labute approximate surface area is 119 Å². The van der Waals surface area contributed by atoms with Gasteiger partial charge < -0.3 is 15.7 Å². The third-order valence-electron chi connectivity index (χ3n) is 3.21. The van der Waals surface area contributed by atoms with Crippen molar-refractivity contribution in [2.75, 3.05) is 13.6 Å². The maximum atomic E-state index is 11.9. The van der Waals surface area contributed by atoms with Gasteiger partial charge in [-0.05, 0) is 18.4 Å². The number of aliphatic carboxylic acids is 1. The zero-order chi connectivity index (χ0) is 15.0. The first-order chi connectivity index (χ1) is 9.50. The molecule has 0 aromatic heterocycles. The molecule has 0 spiro atoms. The molecule has 110 valence electrons. The van der Waals surface area contributed by atoms with Crippen LogP contribution in [0.1, 0.15) is 37.3 Å². The molecule has 3 N–H and O–H groups in total. The predicted molar refractivity (Wildman–Crippen MR) is 77.1 cm³/mol. The highest BCUT2D eigenvalue weighted by Gasteiger charge is 2.12. The molecular formula is C15H22N2O3. The number of nitrogens with two attached hydrogens (primary N) is 1. The Hall–Kier alpha value is -1.88. The highest BCUT2D eigenvalue weighted by Crippen LogP contribution is 2.15. The third-order valence-corrected chi connectivity index (χ3v) is 3.21. The maximum Gasteiger partial charge on any atom is 0.303 e. The molecule has 0 saturated carbocycles. The Balaban J connectivity index is 2.30. The summed E-state index contributed by atoms with van der Waals surface area (Å²) in [5.41, 5.74) is 7.06. The Bertz CT molecular complexity index is 434. The topological polar surface area (TPSA) is 83.6 Å². The van der Waals surface area contributed by atoms with Crippen LogP contribution in [0.25, 0.3) is 0 Å². The van der Waals surface area contributed by atoms with E-state index in [1.165, 1.54) is 0 Å². The largest absolute Gasteiger partial charge is 0.481 e. The van der Waals surface area contributed by atoms with E-state index in [4.69, 9.17) is 10.8 Å². The first-order valence-electron chi connectivity index (χ1n) is 6.77. The van der Waals surface area contributed by atoms with Gasteiger partial charge in [-0.1, -0.05) is 30.3 Å². The molecular weight excluding hydrogens is 256 g/mol. The highest BCUT2D eigenvalue weighted by molar-refractivity contribution is 5.76. The summed E-state index contributed by atoms with van der Waals surface area (Å²) >= 11 is 0. The molecule has 1 unspecified atom stereocenters. The van der Waals surface area contributed by atoms with E-state index in [2.05, 4.69) is 0 Å². The van der Waals surface area contributed by atoms with Crippen LogP contribution in [-0.2, 0) is 9.59 Å². The maximum absolute atomic E-state index is 11.9. The lowest BCUT2D eigenvalue weighted by Gasteiger charge is -2.18. The van der Waals surface area contributed by atoms with E-state index in [0.717, 1.165) is 5.56 Å². The van der Waals surface area contributed by atoms with Crippen molar-refractivity contribution in [3.63, 3.8) is 0 Å². The van der Waals surface area contributed by atoms with Gasteiger partial charge in [-0.3, -0.25) is 9.59 Å². The van der Waals surface area contributed by atoms with E-state index < -0.39 is 5.97 Å². The van der Waals surface area contributed by atoms with Crippen molar-refractivity contribution in [3.8, 4) is 0 Å². The molecule has 1 aromatic carbocycles. The standard InChI is InChI=1S/C15H22N2O3/c1-17(11-5-8-15(19)20)14(18)10-9-13(16)12-6-3-2-4-7-12/h2-4,6-7,13H,5,8-11,16H2,1H3,(H,19,20). The van der Waals surface area contributed by atoms with Crippen LogP contribution < -0.4 is 5.73 Å². The predicted octanol–water partition coefficient (Wildman–Crippen LogP) is 1.79. The van der Waals surface area contributed by atoms with Crippen molar-refractivity contribution in [3.05, 3.63) is 35.9 Å². The zero-order valence-electron chi connectivity index (χ0n) is 11.8. The number of rotatable bonds is 8. The van der Waals surface area contributed by atoms with Crippen molar-refractivity contribution in [1.82, 2.24) is 4.90 Å². The second kappa shape index (κ2) is 8.32. The number of carbonyl (C=O) groups is 2. The molecule has 0 heterocycles. The molecule has 1 rings (SSSR count). The van der Waals surface area contributed by atoms with Gasteiger partial charge in [0.15, 0.2) is 0 Å².